The van der Waals surface area contributed by atoms with Crippen molar-refractivity contribution >= 4 is 28.6 Å². The average molecular weight is 366 g/mol. The summed E-state index contributed by atoms with van der Waals surface area (Å²) in [6, 6.07) is 0. The Hall–Kier alpha value is -0.0600. The number of allylic oxidation sites excluding steroid dienone is 1. The minimum atomic E-state index is -0.344. The maximum absolute atomic E-state index is 11.4. The molecular formula is C15H27IO2. The fourth-order valence-corrected chi connectivity index (χ4v) is 2.05. The molecule has 0 saturated heterocycles. The number of carbonyl (C=O) groups is 1. The Bertz CT molecular complexity index is 241. The summed E-state index contributed by atoms with van der Waals surface area (Å²) in [5.41, 5.74) is -0.344. The molecule has 3 heteroatoms. The molecule has 18 heavy (non-hydrogen) atoms. The Kier molecular flexibility index (Phi) is 10.8. The fourth-order valence-electron chi connectivity index (χ4n) is 1.69. The predicted molar refractivity (Wildman–Crippen MR) is 85.9 cm³/mol. The lowest BCUT2D eigenvalue weighted by atomic mass is 10.1. The Labute approximate surface area is 126 Å². The summed E-state index contributed by atoms with van der Waals surface area (Å²) in [5.74, 6) is -0.0605. The Morgan fingerprint density at radius 3 is 2.17 bits per heavy atom. The second-order valence-corrected chi connectivity index (χ2v) is 6.33. The van der Waals surface area contributed by atoms with Gasteiger partial charge in [0.2, 0.25) is 0 Å². The van der Waals surface area contributed by atoms with Crippen molar-refractivity contribution in [3.05, 3.63) is 10.2 Å². The monoisotopic (exact) mass is 366 g/mol. The first-order valence-corrected chi connectivity index (χ1v) is 8.17. The number of ether oxygens (including phenoxy) is 1. The summed E-state index contributed by atoms with van der Waals surface area (Å²) in [5, 5.41) is 0. The average Bonchev–Trinajstić information content (AvgIpc) is 2.24. The van der Waals surface area contributed by atoms with Crippen LogP contribution >= 0.6 is 22.6 Å². The summed E-state index contributed by atoms with van der Waals surface area (Å²) in [6.45, 7) is 5.74. The van der Waals surface area contributed by atoms with Gasteiger partial charge in [-0.25, -0.2) is 0 Å². The third-order valence-corrected chi connectivity index (χ3v) is 3.02. The number of carbonyl (C=O) groups excluding carboxylic acids is 1. The summed E-state index contributed by atoms with van der Waals surface area (Å²) in [4.78, 5) is 11.4. The van der Waals surface area contributed by atoms with Crippen molar-refractivity contribution in [1.82, 2.24) is 0 Å². The van der Waals surface area contributed by atoms with Gasteiger partial charge in [-0.15, -0.1) is 0 Å². The molecule has 0 aliphatic rings. The molecule has 0 heterocycles. The summed E-state index contributed by atoms with van der Waals surface area (Å²) >= 11 is 2.26. The van der Waals surface area contributed by atoms with Crippen LogP contribution in [0.4, 0.5) is 0 Å². The highest BCUT2D eigenvalue weighted by atomic mass is 127. The molecule has 2 nitrogen and oxygen atoms in total. The van der Waals surface area contributed by atoms with Crippen molar-refractivity contribution in [3.8, 4) is 0 Å². The normalized spacial score (nSPS) is 12.0. The molecule has 0 unspecified atom stereocenters. The van der Waals surface area contributed by atoms with E-state index in [0.29, 0.717) is 6.42 Å². The van der Waals surface area contributed by atoms with Crippen LogP contribution in [0.25, 0.3) is 0 Å². The zero-order valence-corrected chi connectivity index (χ0v) is 14.2. The maximum Gasteiger partial charge on any atom is 0.306 e. The highest BCUT2D eigenvalue weighted by Gasteiger charge is 2.15. The molecule has 0 spiro atoms. The van der Waals surface area contributed by atoms with E-state index in [0.717, 1.165) is 12.8 Å². The first kappa shape index (κ1) is 17.9. The highest BCUT2D eigenvalue weighted by molar-refractivity contribution is 14.1. The van der Waals surface area contributed by atoms with E-state index in [1.54, 1.807) is 0 Å². The van der Waals surface area contributed by atoms with Crippen LogP contribution in [-0.4, -0.2) is 11.6 Å². The Morgan fingerprint density at radius 2 is 1.61 bits per heavy atom. The molecule has 106 valence electrons. The van der Waals surface area contributed by atoms with Crippen molar-refractivity contribution in [2.75, 3.05) is 0 Å². The fraction of sp³-hybridized carbons (Fsp3) is 0.800. The minimum absolute atomic E-state index is 0.0605. The van der Waals surface area contributed by atoms with Crippen molar-refractivity contribution in [2.45, 2.75) is 77.7 Å². The lowest BCUT2D eigenvalue weighted by molar-refractivity contribution is -0.154. The van der Waals surface area contributed by atoms with Gasteiger partial charge in [-0.1, -0.05) is 54.4 Å². The SMILES string of the molecule is CC(C)(C)OC(=O)CCCCCCCC/C=C\I. The molecule has 0 N–H and O–H groups in total. The molecule has 0 amide bonds. The third kappa shape index (κ3) is 14.0. The quantitative estimate of drug-likeness (QED) is 0.310. The van der Waals surface area contributed by atoms with Crippen molar-refractivity contribution in [2.24, 2.45) is 0 Å². The summed E-state index contributed by atoms with van der Waals surface area (Å²) in [6.07, 6.45) is 11.2. The van der Waals surface area contributed by atoms with Gasteiger partial charge in [0.25, 0.3) is 0 Å². The van der Waals surface area contributed by atoms with E-state index in [1.165, 1.54) is 32.1 Å². The van der Waals surface area contributed by atoms with Gasteiger partial charge in [0, 0.05) is 6.42 Å². The molecular weight excluding hydrogens is 339 g/mol. The van der Waals surface area contributed by atoms with Crippen molar-refractivity contribution in [1.29, 1.82) is 0 Å². The molecule has 0 atom stereocenters. The first-order chi connectivity index (χ1) is 8.45. The number of unbranched alkanes of at least 4 members (excludes halogenated alkanes) is 6. The largest absolute Gasteiger partial charge is 0.460 e. The van der Waals surface area contributed by atoms with Crippen LogP contribution in [0.15, 0.2) is 10.2 Å². The number of rotatable bonds is 9. The van der Waals surface area contributed by atoms with Crippen LogP contribution in [0.2, 0.25) is 0 Å². The second kappa shape index (κ2) is 10.8. The van der Waals surface area contributed by atoms with Crippen molar-refractivity contribution < 1.29 is 9.53 Å². The van der Waals surface area contributed by atoms with Crippen LogP contribution in [-0.2, 0) is 9.53 Å². The van der Waals surface area contributed by atoms with Crippen LogP contribution in [0.3, 0.4) is 0 Å². The molecule has 0 saturated carbocycles. The Morgan fingerprint density at radius 1 is 1.06 bits per heavy atom. The Balaban J connectivity index is 3.28. The molecule has 0 aliphatic heterocycles. The van der Waals surface area contributed by atoms with Gasteiger partial charge in [0.05, 0.1) is 0 Å². The maximum atomic E-state index is 11.4. The molecule has 0 aromatic rings. The zero-order chi connectivity index (χ0) is 13.9. The molecule has 0 radical (unpaired) electrons. The topological polar surface area (TPSA) is 26.3 Å². The lowest BCUT2D eigenvalue weighted by Gasteiger charge is -2.19. The molecule has 0 aromatic carbocycles. The first-order valence-electron chi connectivity index (χ1n) is 6.93. The third-order valence-electron chi connectivity index (χ3n) is 2.51. The number of esters is 1. The smallest absolute Gasteiger partial charge is 0.306 e. The predicted octanol–water partition coefficient (Wildman–Crippen LogP) is 5.40. The van der Waals surface area contributed by atoms with E-state index < -0.39 is 0 Å². The van der Waals surface area contributed by atoms with Crippen molar-refractivity contribution in [3.63, 3.8) is 0 Å². The molecule has 0 fully saturated rings. The lowest BCUT2D eigenvalue weighted by Crippen LogP contribution is -2.23. The van der Waals surface area contributed by atoms with E-state index >= 15 is 0 Å². The second-order valence-electron chi connectivity index (χ2n) is 5.61. The molecule has 0 aliphatic carbocycles. The van der Waals surface area contributed by atoms with E-state index in [-0.39, 0.29) is 11.6 Å². The number of hydrogen-bond acceptors (Lipinski definition) is 2. The van der Waals surface area contributed by atoms with Crippen LogP contribution in [0, 0.1) is 0 Å². The van der Waals surface area contributed by atoms with Gasteiger partial charge in [0.15, 0.2) is 0 Å². The van der Waals surface area contributed by atoms with Gasteiger partial charge < -0.3 is 4.74 Å². The van der Waals surface area contributed by atoms with Gasteiger partial charge in [0.1, 0.15) is 5.60 Å². The van der Waals surface area contributed by atoms with Gasteiger partial charge in [-0.2, -0.15) is 0 Å². The van der Waals surface area contributed by atoms with Gasteiger partial charge in [-0.05, 0) is 44.1 Å². The van der Waals surface area contributed by atoms with Crippen LogP contribution in [0.5, 0.6) is 0 Å². The zero-order valence-electron chi connectivity index (χ0n) is 12.0. The summed E-state index contributed by atoms with van der Waals surface area (Å²) in [7, 11) is 0. The van der Waals surface area contributed by atoms with Gasteiger partial charge >= 0.3 is 5.97 Å². The molecule has 0 bridgehead atoms. The van der Waals surface area contributed by atoms with Crippen LogP contribution < -0.4 is 0 Å². The highest BCUT2D eigenvalue weighted by Crippen LogP contribution is 2.12. The molecule has 0 rings (SSSR count). The van der Waals surface area contributed by atoms with E-state index in [1.807, 2.05) is 20.8 Å². The van der Waals surface area contributed by atoms with E-state index in [4.69, 9.17) is 4.74 Å². The molecule has 0 aromatic heterocycles. The minimum Gasteiger partial charge on any atom is -0.460 e. The number of halogens is 1. The van der Waals surface area contributed by atoms with E-state index in [9.17, 15) is 4.79 Å². The standard InChI is InChI=1S/C15H27IO2/c1-15(2,3)18-14(17)12-10-8-6-4-5-7-9-11-13-16/h11,13H,4-10,12H2,1-3H3/b13-11-. The van der Waals surface area contributed by atoms with Crippen LogP contribution in [0.1, 0.15) is 72.1 Å². The number of hydrogen-bond donors (Lipinski definition) is 0. The summed E-state index contributed by atoms with van der Waals surface area (Å²) < 4.78 is 7.34. The van der Waals surface area contributed by atoms with Gasteiger partial charge in [-0.3, -0.25) is 4.79 Å². The van der Waals surface area contributed by atoms with E-state index in [2.05, 4.69) is 32.7 Å².